The quantitative estimate of drug-likeness (QED) is 0.581. The third-order valence-electron chi connectivity index (χ3n) is 4.97. The fourth-order valence-electron chi connectivity index (χ4n) is 3.29. The Morgan fingerprint density at radius 1 is 1.28 bits per heavy atom. The zero-order chi connectivity index (χ0) is 21.2. The van der Waals surface area contributed by atoms with Crippen molar-refractivity contribution >= 4 is 24.8 Å². The first-order chi connectivity index (χ1) is 13.8. The third kappa shape index (κ3) is 4.58. The molecule has 0 aliphatic carbocycles. The van der Waals surface area contributed by atoms with Crippen LogP contribution in [0.25, 0.3) is 11.2 Å². The Morgan fingerprint density at radius 3 is 2.59 bits per heavy atom. The van der Waals surface area contributed by atoms with Crippen molar-refractivity contribution in [1.29, 1.82) is 0 Å². The summed E-state index contributed by atoms with van der Waals surface area (Å²) in [7, 11) is -4.16. The molecule has 0 spiro atoms. The van der Waals surface area contributed by atoms with Crippen molar-refractivity contribution in [2.45, 2.75) is 45.3 Å². The predicted molar refractivity (Wildman–Crippen MR) is 104 cm³/mol. The molecule has 29 heavy (non-hydrogen) atoms. The number of hydrogen-bond donors (Lipinski definition) is 3. The Morgan fingerprint density at radius 2 is 1.97 bits per heavy atom. The van der Waals surface area contributed by atoms with E-state index in [2.05, 4.69) is 45.1 Å². The molecule has 4 N–H and O–H groups in total. The highest BCUT2D eigenvalue weighted by Gasteiger charge is 2.52. The lowest BCUT2D eigenvalue weighted by Gasteiger charge is -2.27. The van der Waals surface area contributed by atoms with E-state index in [1.807, 2.05) is 0 Å². The summed E-state index contributed by atoms with van der Waals surface area (Å²) in [6.07, 6.45) is -1.07. The summed E-state index contributed by atoms with van der Waals surface area (Å²) in [5.74, 6) is 0.202. The number of nitrogens with two attached hydrogens (primary N) is 1. The lowest BCUT2D eigenvalue weighted by molar-refractivity contribution is -0.0664. The smallest absolute Gasteiger partial charge is 0.386 e. The number of aromatic nitrogens is 4. The molecule has 0 saturated carbocycles. The molecule has 13 heteroatoms. The first-order valence-corrected chi connectivity index (χ1v) is 10.9. The van der Waals surface area contributed by atoms with Gasteiger partial charge in [0.2, 0.25) is 0 Å². The molecule has 2 fully saturated rings. The van der Waals surface area contributed by atoms with Crippen LogP contribution in [0.15, 0.2) is 12.7 Å². The minimum absolute atomic E-state index is 0.157. The number of nitrogens with zero attached hydrogens (tertiary/aromatic N) is 5. The highest BCUT2D eigenvalue weighted by molar-refractivity contribution is 7.47. The van der Waals surface area contributed by atoms with Crippen LogP contribution in [0.3, 0.4) is 0 Å². The largest absolute Gasteiger partial charge is 0.472 e. The van der Waals surface area contributed by atoms with E-state index in [1.54, 1.807) is 0 Å². The summed E-state index contributed by atoms with van der Waals surface area (Å²) >= 11 is 0. The molecule has 4 rings (SSSR count). The van der Waals surface area contributed by atoms with Crippen molar-refractivity contribution < 1.29 is 28.3 Å². The number of hydrogen-bond acceptors (Lipinski definition) is 10. The fraction of sp³-hybridized carbons (Fsp3) is 0.688. The number of rotatable bonds is 4. The molecule has 0 aromatic carbocycles. The second-order valence-electron chi connectivity index (χ2n) is 6.59. The van der Waals surface area contributed by atoms with E-state index in [0.717, 1.165) is 0 Å². The Bertz CT molecular complexity index is 871. The molecule has 0 bridgehead atoms. The van der Waals surface area contributed by atoms with Crippen LogP contribution in [-0.2, 0) is 18.3 Å². The lowest BCUT2D eigenvalue weighted by atomic mass is 10.1. The van der Waals surface area contributed by atoms with Gasteiger partial charge in [-0.1, -0.05) is 20.8 Å². The van der Waals surface area contributed by atoms with Gasteiger partial charge in [0, 0.05) is 0 Å². The second-order valence-corrected chi connectivity index (χ2v) is 8.00. The zero-order valence-electron chi connectivity index (χ0n) is 16.6. The molecule has 12 nitrogen and oxygen atoms in total. The first kappa shape index (κ1) is 22.0. The minimum atomic E-state index is -4.16. The van der Waals surface area contributed by atoms with E-state index in [9.17, 15) is 14.6 Å². The highest BCUT2D eigenvalue weighted by Crippen LogP contribution is 2.52. The van der Waals surface area contributed by atoms with E-state index in [-0.39, 0.29) is 12.4 Å². The summed E-state index contributed by atoms with van der Waals surface area (Å²) in [6, 6.07) is 0. The van der Waals surface area contributed by atoms with Crippen LogP contribution in [0, 0.1) is 0 Å². The number of fused-ring (bicyclic) bond motifs is 2. The van der Waals surface area contributed by atoms with E-state index in [0.29, 0.717) is 11.2 Å². The molecule has 4 heterocycles. The van der Waals surface area contributed by atoms with Crippen LogP contribution >= 0.6 is 7.82 Å². The van der Waals surface area contributed by atoms with Gasteiger partial charge in [0.1, 0.15) is 30.2 Å². The van der Waals surface area contributed by atoms with Gasteiger partial charge in [-0.05, 0) is 19.6 Å². The normalized spacial score (nSPS) is 31.5. The SMILES string of the molecule is CCN(CC)CC.Nc1ncnc2c1ncn2[C@@H]1O[C@@H]2COP(=O)(O)O[C@H]2[C@H]1O. The summed E-state index contributed by atoms with van der Waals surface area (Å²) in [5, 5.41) is 10.4. The van der Waals surface area contributed by atoms with Gasteiger partial charge in [0.05, 0.1) is 12.9 Å². The number of phosphoric ester groups is 1. The number of phosphoric acid groups is 1. The summed E-state index contributed by atoms with van der Waals surface area (Å²) < 4.78 is 28.2. The molecule has 2 saturated heterocycles. The van der Waals surface area contributed by atoms with E-state index < -0.39 is 32.4 Å². The number of aliphatic hydroxyl groups excluding tert-OH is 1. The molecule has 0 radical (unpaired) electrons. The Balaban J connectivity index is 0.000000298. The number of imidazole rings is 1. The van der Waals surface area contributed by atoms with Gasteiger partial charge in [0.25, 0.3) is 0 Å². The van der Waals surface area contributed by atoms with Crippen molar-refractivity contribution in [1.82, 2.24) is 24.4 Å². The van der Waals surface area contributed by atoms with Crippen LogP contribution in [0.2, 0.25) is 0 Å². The average Bonchev–Trinajstić information content (AvgIpc) is 3.25. The van der Waals surface area contributed by atoms with Gasteiger partial charge in [-0.25, -0.2) is 19.5 Å². The molecule has 2 aliphatic rings. The first-order valence-electron chi connectivity index (χ1n) is 9.45. The van der Waals surface area contributed by atoms with Gasteiger partial charge in [-0.3, -0.25) is 13.6 Å². The van der Waals surface area contributed by atoms with E-state index in [4.69, 9.17) is 15.0 Å². The summed E-state index contributed by atoms with van der Waals surface area (Å²) in [5.41, 5.74) is 6.46. The molecule has 162 valence electrons. The van der Waals surface area contributed by atoms with Gasteiger partial charge < -0.3 is 25.4 Å². The lowest BCUT2D eigenvalue weighted by Crippen LogP contribution is -2.39. The molecule has 2 aromatic rings. The van der Waals surface area contributed by atoms with Crippen molar-refractivity contribution in [3.8, 4) is 0 Å². The van der Waals surface area contributed by atoms with E-state index >= 15 is 0 Å². The third-order valence-corrected chi connectivity index (χ3v) is 5.95. The molecule has 2 aromatic heterocycles. The number of anilines is 1. The molecule has 5 atom stereocenters. The Hall–Kier alpha value is -1.66. The van der Waals surface area contributed by atoms with Gasteiger partial charge in [-0.15, -0.1) is 0 Å². The average molecular weight is 430 g/mol. The maximum absolute atomic E-state index is 11.5. The molecular weight excluding hydrogens is 403 g/mol. The summed E-state index contributed by atoms with van der Waals surface area (Å²) in [6.45, 7) is 9.97. The zero-order valence-corrected chi connectivity index (χ0v) is 17.5. The van der Waals surface area contributed by atoms with Crippen LogP contribution in [0.1, 0.15) is 27.0 Å². The standard InChI is InChI=1S/C10H12N5O6P.C6H15N/c11-8-5-9(13-2-12-8)15(3-14-5)10-6(16)7-4(20-10)1-19-22(17,18)21-7;1-4-7(5-2)6-3/h2-4,6-7,10,16H,1H2,(H,17,18)(H2,11,12,13);4-6H2,1-3H3/t4-,6-,7-,10-;/m1./s1. The maximum Gasteiger partial charge on any atom is 0.472 e. The van der Waals surface area contributed by atoms with Crippen molar-refractivity contribution in [3.63, 3.8) is 0 Å². The molecule has 0 amide bonds. The van der Waals surface area contributed by atoms with Gasteiger partial charge in [0.15, 0.2) is 17.7 Å². The fourth-order valence-corrected chi connectivity index (χ4v) is 4.26. The van der Waals surface area contributed by atoms with E-state index in [1.165, 1.54) is 36.9 Å². The van der Waals surface area contributed by atoms with Gasteiger partial charge in [-0.2, -0.15) is 0 Å². The topological polar surface area (TPSA) is 158 Å². The highest BCUT2D eigenvalue weighted by atomic mass is 31.2. The van der Waals surface area contributed by atoms with Crippen LogP contribution in [0.5, 0.6) is 0 Å². The Labute approximate surface area is 168 Å². The second kappa shape index (κ2) is 9.00. The Kier molecular flexibility index (Phi) is 6.84. The van der Waals surface area contributed by atoms with Crippen molar-refractivity contribution in [3.05, 3.63) is 12.7 Å². The van der Waals surface area contributed by atoms with Gasteiger partial charge >= 0.3 is 7.82 Å². The number of nitrogen functional groups attached to an aromatic ring is 1. The summed E-state index contributed by atoms with van der Waals surface area (Å²) in [4.78, 5) is 23.7. The maximum atomic E-state index is 11.5. The number of aliphatic hydroxyl groups is 1. The predicted octanol–water partition coefficient (Wildman–Crippen LogP) is 0.531. The monoisotopic (exact) mass is 430 g/mol. The van der Waals surface area contributed by atoms with Crippen molar-refractivity contribution in [2.24, 2.45) is 0 Å². The van der Waals surface area contributed by atoms with Crippen LogP contribution in [-0.4, -0.2) is 79.0 Å². The van der Waals surface area contributed by atoms with Crippen LogP contribution < -0.4 is 5.73 Å². The van der Waals surface area contributed by atoms with Crippen LogP contribution in [0.4, 0.5) is 5.82 Å². The molecule has 2 aliphatic heterocycles. The minimum Gasteiger partial charge on any atom is -0.386 e. The molecular formula is C16H27N6O6P. The number of ether oxygens (including phenoxy) is 1. The molecule has 1 unspecified atom stereocenters. The van der Waals surface area contributed by atoms with Crippen molar-refractivity contribution in [2.75, 3.05) is 32.0 Å².